The normalized spacial score (nSPS) is 14.3. The lowest BCUT2D eigenvalue weighted by Gasteiger charge is -2.20. The first-order valence-corrected chi connectivity index (χ1v) is 6.85. The summed E-state index contributed by atoms with van der Waals surface area (Å²) in [5.74, 6) is 1.26. The highest BCUT2D eigenvalue weighted by molar-refractivity contribution is 5.61. The van der Waals surface area contributed by atoms with Crippen molar-refractivity contribution in [2.24, 2.45) is 5.92 Å². The Labute approximate surface area is 114 Å². The minimum Gasteiger partial charge on any atom is -0.384 e. The average Bonchev–Trinajstić information content (AvgIpc) is 2.87. The molecule has 4 nitrogen and oxygen atoms in total. The van der Waals surface area contributed by atoms with E-state index in [9.17, 15) is 0 Å². The predicted molar refractivity (Wildman–Crippen MR) is 78.7 cm³/mol. The van der Waals surface area contributed by atoms with Gasteiger partial charge in [0, 0.05) is 17.8 Å². The van der Waals surface area contributed by atoms with Crippen LogP contribution in [-0.2, 0) is 0 Å². The van der Waals surface area contributed by atoms with E-state index >= 15 is 0 Å². The molecule has 0 aliphatic carbocycles. The molecular formula is C15H22N4. The average molecular weight is 258 g/mol. The lowest BCUT2D eigenvalue weighted by atomic mass is 10.00. The van der Waals surface area contributed by atoms with Crippen molar-refractivity contribution in [2.45, 2.75) is 39.7 Å². The van der Waals surface area contributed by atoms with Gasteiger partial charge < -0.3 is 10.3 Å². The second-order valence-electron chi connectivity index (χ2n) is 5.25. The van der Waals surface area contributed by atoms with Crippen LogP contribution in [0.15, 0.2) is 30.9 Å². The summed E-state index contributed by atoms with van der Waals surface area (Å²) in [6.07, 6.45) is 7.89. The molecule has 0 saturated carbocycles. The Kier molecular flexibility index (Phi) is 4.20. The zero-order valence-corrected chi connectivity index (χ0v) is 11.9. The molecule has 0 aliphatic rings. The largest absolute Gasteiger partial charge is 0.384 e. The van der Waals surface area contributed by atoms with Crippen molar-refractivity contribution in [1.82, 2.24) is 14.5 Å². The van der Waals surface area contributed by atoms with Crippen LogP contribution in [0.4, 0.5) is 5.82 Å². The Bertz CT molecular complexity index is 532. The molecule has 2 heterocycles. The molecule has 2 atom stereocenters. The van der Waals surface area contributed by atoms with Crippen LogP contribution in [0.1, 0.15) is 39.7 Å². The molecular weight excluding hydrogens is 236 g/mol. The summed E-state index contributed by atoms with van der Waals surface area (Å²) in [7, 11) is 0. The van der Waals surface area contributed by atoms with Gasteiger partial charge in [-0.3, -0.25) is 0 Å². The van der Waals surface area contributed by atoms with Gasteiger partial charge in [0.05, 0.1) is 18.2 Å². The number of nitrogens with zero attached hydrogens (tertiary/aromatic N) is 3. The number of pyridine rings is 1. The lowest BCUT2D eigenvalue weighted by molar-refractivity contribution is 0.400. The van der Waals surface area contributed by atoms with E-state index in [-0.39, 0.29) is 0 Å². The first kappa shape index (κ1) is 13.6. The number of hydrogen-bond acceptors (Lipinski definition) is 3. The van der Waals surface area contributed by atoms with Gasteiger partial charge in [0.15, 0.2) is 0 Å². The summed E-state index contributed by atoms with van der Waals surface area (Å²) in [5.41, 5.74) is 7.92. The van der Waals surface area contributed by atoms with Gasteiger partial charge in [0.1, 0.15) is 5.82 Å². The fourth-order valence-corrected chi connectivity index (χ4v) is 2.35. The number of hydrogen-bond donors (Lipinski definition) is 1. The summed E-state index contributed by atoms with van der Waals surface area (Å²) >= 11 is 0. The van der Waals surface area contributed by atoms with Gasteiger partial charge in [0.25, 0.3) is 0 Å². The first-order chi connectivity index (χ1) is 9.11. The van der Waals surface area contributed by atoms with Crippen LogP contribution in [-0.4, -0.2) is 14.5 Å². The summed E-state index contributed by atoms with van der Waals surface area (Å²) in [5, 5.41) is 0. The van der Waals surface area contributed by atoms with E-state index in [1.54, 1.807) is 6.20 Å². The Morgan fingerprint density at radius 2 is 2.16 bits per heavy atom. The van der Waals surface area contributed by atoms with E-state index in [0.717, 1.165) is 17.7 Å². The standard InChI is InChI=1S/C15H22N4/c1-4-11(2)7-12(3)19-10-17-9-14(19)13-5-6-18-15(16)8-13/h5-6,8-12H,4,7H2,1-3H3,(H2,16,18). The van der Waals surface area contributed by atoms with Gasteiger partial charge in [-0.15, -0.1) is 0 Å². The highest BCUT2D eigenvalue weighted by atomic mass is 15.1. The number of aromatic nitrogens is 3. The van der Waals surface area contributed by atoms with Crippen molar-refractivity contribution in [3.8, 4) is 11.3 Å². The summed E-state index contributed by atoms with van der Waals surface area (Å²) in [6, 6.07) is 4.30. The van der Waals surface area contributed by atoms with E-state index in [2.05, 4.69) is 35.3 Å². The van der Waals surface area contributed by atoms with Gasteiger partial charge >= 0.3 is 0 Å². The topological polar surface area (TPSA) is 56.7 Å². The first-order valence-electron chi connectivity index (χ1n) is 6.85. The molecule has 0 spiro atoms. The molecule has 102 valence electrons. The molecule has 0 aromatic carbocycles. The van der Waals surface area contributed by atoms with E-state index in [1.807, 2.05) is 24.7 Å². The van der Waals surface area contributed by atoms with Crippen LogP contribution in [0.25, 0.3) is 11.3 Å². The van der Waals surface area contributed by atoms with Crippen molar-refractivity contribution >= 4 is 5.82 Å². The molecule has 0 bridgehead atoms. The molecule has 0 amide bonds. The molecule has 2 aromatic rings. The van der Waals surface area contributed by atoms with Gasteiger partial charge in [-0.1, -0.05) is 20.3 Å². The smallest absolute Gasteiger partial charge is 0.123 e. The van der Waals surface area contributed by atoms with Crippen LogP contribution in [0.2, 0.25) is 0 Å². The maximum Gasteiger partial charge on any atom is 0.123 e. The molecule has 0 fully saturated rings. The zero-order valence-electron chi connectivity index (χ0n) is 11.9. The van der Waals surface area contributed by atoms with E-state index < -0.39 is 0 Å². The maximum atomic E-state index is 5.75. The quantitative estimate of drug-likeness (QED) is 0.892. The van der Waals surface area contributed by atoms with E-state index in [4.69, 9.17) is 5.73 Å². The second-order valence-corrected chi connectivity index (χ2v) is 5.25. The number of rotatable bonds is 5. The van der Waals surface area contributed by atoms with Crippen molar-refractivity contribution < 1.29 is 0 Å². The monoisotopic (exact) mass is 258 g/mol. The van der Waals surface area contributed by atoms with Crippen molar-refractivity contribution in [3.05, 3.63) is 30.9 Å². The predicted octanol–water partition coefficient (Wildman–Crippen LogP) is 3.52. The fourth-order valence-electron chi connectivity index (χ4n) is 2.35. The third-order valence-electron chi connectivity index (χ3n) is 3.66. The third-order valence-corrected chi connectivity index (χ3v) is 3.66. The van der Waals surface area contributed by atoms with E-state index in [1.165, 1.54) is 6.42 Å². The van der Waals surface area contributed by atoms with Crippen LogP contribution in [0.5, 0.6) is 0 Å². The van der Waals surface area contributed by atoms with Gasteiger partial charge in [0.2, 0.25) is 0 Å². The molecule has 2 rings (SSSR count). The minimum absolute atomic E-state index is 0.432. The van der Waals surface area contributed by atoms with Crippen LogP contribution in [0, 0.1) is 5.92 Å². The third kappa shape index (κ3) is 3.13. The fraction of sp³-hybridized carbons (Fsp3) is 0.467. The van der Waals surface area contributed by atoms with Crippen LogP contribution >= 0.6 is 0 Å². The van der Waals surface area contributed by atoms with Gasteiger partial charge in [-0.05, 0) is 31.4 Å². The number of imidazole rings is 1. The minimum atomic E-state index is 0.432. The van der Waals surface area contributed by atoms with Gasteiger partial charge in [-0.25, -0.2) is 9.97 Å². The Hall–Kier alpha value is -1.84. The summed E-state index contributed by atoms with van der Waals surface area (Å²) < 4.78 is 2.22. The van der Waals surface area contributed by atoms with Gasteiger partial charge in [-0.2, -0.15) is 0 Å². The van der Waals surface area contributed by atoms with Crippen LogP contribution in [0.3, 0.4) is 0 Å². The van der Waals surface area contributed by atoms with Crippen molar-refractivity contribution in [2.75, 3.05) is 5.73 Å². The molecule has 2 aromatic heterocycles. The van der Waals surface area contributed by atoms with Crippen molar-refractivity contribution in [3.63, 3.8) is 0 Å². The Morgan fingerprint density at radius 3 is 2.84 bits per heavy atom. The molecule has 2 unspecified atom stereocenters. The molecule has 4 heteroatoms. The Morgan fingerprint density at radius 1 is 1.37 bits per heavy atom. The highest BCUT2D eigenvalue weighted by Gasteiger charge is 2.13. The molecule has 2 N–H and O–H groups in total. The van der Waals surface area contributed by atoms with Crippen molar-refractivity contribution in [1.29, 1.82) is 0 Å². The Balaban J connectivity index is 2.27. The lowest BCUT2D eigenvalue weighted by Crippen LogP contribution is -2.09. The summed E-state index contributed by atoms with van der Waals surface area (Å²) in [4.78, 5) is 8.32. The molecule has 19 heavy (non-hydrogen) atoms. The SMILES string of the molecule is CCC(C)CC(C)n1cncc1-c1ccnc(N)c1. The number of nitrogens with two attached hydrogens (primary N) is 1. The van der Waals surface area contributed by atoms with Crippen LogP contribution < -0.4 is 5.73 Å². The number of nitrogen functional groups attached to an aromatic ring is 1. The zero-order chi connectivity index (χ0) is 13.8. The molecule has 0 radical (unpaired) electrons. The second kappa shape index (κ2) is 5.87. The maximum absolute atomic E-state index is 5.75. The molecule has 0 aliphatic heterocycles. The highest BCUT2D eigenvalue weighted by Crippen LogP contribution is 2.27. The van der Waals surface area contributed by atoms with E-state index in [0.29, 0.717) is 17.8 Å². The molecule has 0 saturated heterocycles. The number of anilines is 1. The summed E-state index contributed by atoms with van der Waals surface area (Å²) in [6.45, 7) is 6.76.